The van der Waals surface area contributed by atoms with Crippen LogP contribution in [0.2, 0.25) is 0 Å². The average molecular weight is 279 g/mol. The molecule has 0 radical (unpaired) electrons. The second-order valence-corrected chi connectivity index (χ2v) is 4.95. The molecule has 2 rings (SSSR count). The Kier molecular flexibility index (Phi) is 5.03. The van der Waals surface area contributed by atoms with Crippen molar-refractivity contribution in [3.05, 3.63) is 23.3 Å². The molecule has 1 atom stereocenters. The topological polar surface area (TPSA) is 64.5 Å². The molecule has 0 aromatic carbocycles. The van der Waals surface area contributed by atoms with Crippen molar-refractivity contribution in [1.82, 2.24) is 14.9 Å². The lowest BCUT2D eigenvalue weighted by molar-refractivity contribution is -0.140. The molecule has 2 heterocycles. The van der Waals surface area contributed by atoms with Crippen LogP contribution in [0.3, 0.4) is 0 Å². The second-order valence-electron chi connectivity index (χ2n) is 4.95. The van der Waals surface area contributed by atoms with Gasteiger partial charge in [-0.05, 0) is 19.9 Å². The summed E-state index contributed by atoms with van der Waals surface area (Å²) in [4.78, 5) is 22.6. The minimum absolute atomic E-state index is 0.0875. The van der Waals surface area contributed by atoms with Gasteiger partial charge >= 0.3 is 0 Å². The van der Waals surface area contributed by atoms with Gasteiger partial charge in [-0.2, -0.15) is 0 Å². The number of methoxy groups -OCH3 is 1. The van der Waals surface area contributed by atoms with E-state index < -0.39 is 0 Å². The van der Waals surface area contributed by atoms with Crippen LogP contribution in [0.25, 0.3) is 0 Å². The van der Waals surface area contributed by atoms with E-state index in [1.54, 1.807) is 12.0 Å². The van der Waals surface area contributed by atoms with Crippen molar-refractivity contribution in [2.45, 2.75) is 26.4 Å². The zero-order chi connectivity index (χ0) is 14.5. The van der Waals surface area contributed by atoms with Gasteiger partial charge in [0.05, 0.1) is 26.2 Å². The number of aromatic nitrogens is 2. The Balaban J connectivity index is 2.04. The lowest BCUT2D eigenvalue weighted by atomic mass is 10.2. The van der Waals surface area contributed by atoms with Crippen LogP contribution >= 0.6 is 0 Å². The van der Waals surface area contributed by atoms with E-state index in [4.69, 9.17) is 9.47 Å². The third-order valence-corrected chi connectivity index (χ3v) is 3.23. The highest BCUT2D eigenvalue weighted by molar-refractivity contribution is 5.76. The maximum Gasteiger partial charge on any atom is 0.225 e. The molecule has 1 aliphatic heterocycles. The fourth-order valence-electron chi connectivity index (χ4n) is 2.28. The molecule has 6 heteroatoms. The van der Waals surface area contributed by atoms with Crippen LogP contribution < -0.4 is 0 Å². The monoisotopic (exact) mass is 279 g/mol. The van der Waals surface area contributed by atoms with Crippen molar-refractivity contribution < 1.29 is 14.3 Å². The predicted molar refractivity (Wildman–Crippen MR) is 73.3 cm³/mol. The first-order chi connectivity index (χ1) is 9.60. The molecule has 20 heavy (non-hydrogen) atoms. The largest absolute Gasteiger partial charge is 0.384 e. The van der Waals surface area contributed by atoms with Crippen LogP contribution in [-0.4, -0.2) is 54.2 Å². The molecule has 110 valence electrons. The van der Waals surface area contributed by atoms with Crippen molar-refractivity contribution in [3.63, 3.8) is 0 Å². The Bertz CT molecular complexity index is 458. The SMILES string of the molecule is COCCC(=O)N1CCO[C@@H](c2nc(C)cc(C)n2)C1. The molecule has 1 aromatic rings. The van der Waals surface area contributed by atoms with E-state index >= 15 is 0 Å². The fourth-order valence-corrected chi connectivity index (χ4v) is 2.28. The zero-order valence-electron chi connectivity index (χ0n) is 12.3. The van der Waals surface area contributed by atoms with Crippen LogP contribution in [0.15, 0.2) is 6.07 Å². The number of rotatable bonds is 4. The summed E-state index contributed by atoms with van der Waals surface area (Å²) in [6, 6.07) is 1.92. The quantitative estimate of drug-likeness (QED) is 0.823. The smallest absolute Gasteiger partial charge is 0.225 e. The molecule has 0 saturated carbocycles. The van der Waals surface area contributed by atoms with Gasteiger partial charge in [0.2, 0.25) is 5.91 Å². The molecule has 1 fully saturated rings. The number of carbonyl (C=O) groups excluding carboxylic acids is 1. The second kappa shape index (κ2) is 6.76. The number of aryl methyl sites for hydroxylation is 2. The normalized spacial score (nSPS) is 19.1. The van der Waals surface area contributed by atoms with Gasteiger partial charge in [0, 0.05) is 25.0 Å². The third-order valence-electron chi connectivity index (χ3n) is 3.23. The molecule has 0 spiro atoms. The molecule has 0 aliphatic carbocycles. The Morgan fingerprint density at radius 1 is 1.45 bits per heavy atom. The van der Waals surface area contributed by atoms with E-state index in [9.17, 15) is 4.79 Å². The van der Waals surface area contributed by atoms with Crippen molar-refractivity contribution in [2.24, 2.45) is 0 Å². The van der Waals surface area contributed by atoms with E-state index in [0.717, 1.165) is 11.4 Å². The molecular formula is C14H21N3O3. The number of morpholine rings is 1. The first kappa shape index (κ1) is 14.9. The summed E-state index contributed by atoms with van der Waals surface area (Å²) in [6.07, 6.45) is 0.158. The first-order valence-electron chi connectivity index (χ1n) is 6.80. The molecule has 1 aromatic heterocycles. The van der Waals surface area contributed by atoms with Crippen LogP contribution in [-0.2, 0) is 14.3 Å². The Hall–Kier alpha value is -1.53. The maximum atomic E-state index is 12.0. The lowest BCUT2D eigenvalue weighted by Crippen LogP contribution is -2.43. The van der Waals surface area contributed by atoms with Gasteiger partial charge in [0.1, 0.15) is 6.10 Å². The zero-order valence-corrected chi connectivity index (χ0v) is 12.3. The van der Waals surface area contributed by atoms with Gasteiger partial charge in [-0.25, -0.2) is 9.97 Å². The molecule has 1 aliphatic rings. The summed E-state index contributed by atoms with van der Waals surface area (Å²) in [6.45, 7) is 5.95. The summed E-state index contributed by atoms with van der Waals surface area (Å²) < 4.78 is 10.7. The van der Waals surface area contributed by atoms with Crippen LogP contribution in [0.4, 0.5) is 0 Å². The van der Waals surface area contributed by atoms with Crippen molar-refractivity contribution in [2.75, 3.05) is 33.4 Å². The number of ether oxygens (including phenoxy) is 2. The Morgan fingerprint density at radius 3 is 2.80 bits per heavy atom. The fraction of sp³-hybridized carbons (Fsp3) is 0.643. The molecule has 6 nitrogen and oxygen atoms in total. The van der Waals surface area contributed by atoms with E-state index in [0.29, 0.717) is 38.5 Å². The molecule has 0 bridgehead atoms. The summed E-state index contributed by atoms with van der Waals surface area (Å²) >= 11 is 0. The lowest BCUT2D eigenvalue weighted by Gasteiger charge is -2.32. The maximum absolute atomic E-state index is 12.0. The van der Waals surface area contributed by atoms with Crippen LogP contribution in [0.1, 0.15) is 29.7 Å². The molecular weight excluding hydrogens is 258 g/mol. The number of carbonyl (C=O) groups is 1. The molecule has 0 unspecified atom stereocenters. The van der Waals surface area contributed by atoms with Crippen molar-refractivity contribution >= 4 is 5.91 Å². The summed E-state index contributed by atoms with van der Waals surface area (Å²) in [5, 5.41) is 0. The van der Waals surface area contributed by atoms with Crippen molar-refractivity contribution in [1.29, 1.82) is 0 Å². The predicted octanol–water partition coefficient (Wildman–Crippen LogP) is 1.03. The highest BCUT2D eigenvalue weighted by atomic mass is 16.5. The summed E-state index contributed by atoms with van der Waals surface area (Å²) in [5.41, 5.74) is 1.83. The van der Waals surface area contributed by atoms with E-state index in [1.165, 1.54) is 0 Å². The van der Waals surface area contributed by atoms with Gasteiger partial charge in [-0.15, -0.1) is 0 Å². The number of amides is 1. The van der Waals surface area contributed by atoms with E-state index in [1.807, 2.05) is 19.9 Å². The Morgan fingerprint density at radius 2 is 2.15 bits per heavy atom. The molecule has 1 saturated heterocycles. The minimum atomic E-state index is -0.242. The standard InChI is InChI=1S/C14H21N3O3/c1-10-8-11(2)16-14(15-10)12-9-17(5-7-20-12)13(18)4-6-19-3/h8,12H,4-7,9H2,1-3H3/t12-/m1/s1. The summed E-state index contributed by atoms with van der Waals surface area (Å²) in [7, 11) is 1.60. The van der Waals surface area contributed by atoms with Gasteiger partial charge in [-0.3, -0.25) is 4.79 Å². The average Bonchev–Trinajstić information content (AvgIpc) is 2.44. The summed E-state index contributed by atoms with van der Waals surface area (Å²) in [5.74, 6) is 0.747. The van der Waals surface area contributed by atoms with E-state index in [2.05, 4.69) is 9.97 Å². The number of nitrogens with zero attached hydrogens (tertiary/aromatic N) is 3. The van der Waals surface area contributed by atoms with E-state index in [-0.39, 0.29) is 12.0 Å². The highest BCUT2D eigenvalue weighted by Gasteiger charge is 2.27. The number of hydrogen-bond acceptors (Lipinski definition) is 5. The third kappa shape index (κ3) is 3.74. The van der Waals surface area contributed by atoms with Gasteiger partial charge in [0.25, 0.3) is 0 Å². The first-order valence-corrected chi connectivity index (χ1v) is 6.80. The van der Waals surface area contributed by atoms with Gasteiger partial charge < -0.3 is 14.4 Å². The minimum Gasteiger partial charge on any atom is -0.384 e. The number of hydrogen-bond donors (Lipinski definition) is 0. The van der Waals surface area contributed by atoms with Crippen LogP contribution in [0, 0.1) is 13.8 Å². The molecule has 0 N–H and O–H groups in total. The molecule has 1 amide bonds. The van der Waals surface area contributed by atoms with Gasteiger partial charge in [-0.1, -0.05) is 0 Å². The van der Waals surface area contributed by atoms with Crippen molar-refractivity contribution in [3.8, 4) is 0 Å². The van der Waals surface area contributed by atoms with Crippen LogP contribution in [0.5, 0.6) is 0 Å². The highest BCUT2D eigenvalue weighted by Crippen LogP contribution is 2.20. The Labute approximate surface area is 119 Å². The van der Waals surface area contributed by atoms with Gasteiger partial charge in [0.15, 0.2) is 5.82 Å².